The first-order valence-electron chi connectivity index (χ1n) is 5.89. The van der Waals surface area contributed by atoms with E-state index in [0.29, 0.717) is 13.1 Å². The zero-order chi connectivity index (χ0) is 13.4. The van der Waals surface area contributed by atoms with Crippen molar-refractivity contribution in [3.63, 3.8) is 0 Å². The summed E-state index contributed by atoms with van der Waals surface area (Å²) < 4.78 is 4.93. The van der Waals surface area contributed by atoms with Gasteiger partial charge in [-0.05, 0) is 26.1 Å². The Balaban J connectivity index is 0.00000324. The number of likely N-dealkylation sites (N-methyl/N-ethyl adjacent to an activating group) is 1. The highest BCUT2D eigenvalue weighted by Gasteiger charge is 2.08. The predicted octanol–water partition coefficient (Wildman–Crippen LogP) is 0.545. The Morgan fingerprint density at radius 1 is 1.37 bits per heavy atom. The number of nitrogens with one attached hydrogen (secondary N) is 3. The minimum atomic E-state index is -0.309. The molecule has 0 fully saturated rings. The largest absolute Gasteiger partial charge is 0.459 e. The molecule has 0 aliphatic carbocycles. The molecule has 1 atom stereocenters. The lowest BCUT2D eigenvalue weighted by molar-refractivity contribution is -0.121. The summed E-state index contributed by atoms with van der Waals surface area (Å²) in [6.45, 7) is 2.83. The Bertz CT molecular complexity index is 382. The van der Waals surface area contributed by atoms with Gasteiger partial charge in [-0.3, -0.25) is 9.59 Å². The molecule has 108 valence electrons. The van der Waals surface area contributed by atoms with Crippen LogP contribution in [0.15, 0.2) is 22.8 Å². The highest BCUT2D eigenvalue weighted by molar-refractivity contribution is 5.91. The third-order valence-corrected chi connectivity index (χ3v) is 2.48. The standard InChI is InChI=1S/C12H19N3O3.ClH/c1-9(13-2)8-15-11(16)5-6-14-12(17)10-4-3-7-18-10;/h3-4,7,9,13H,5-6,8H2,1-2H3,(H,14,17)(H,15,16);1H. The fraction of sp³-hybridized carbons (Fsp3) is 0.500. The van der Waals surface area contributed by atoms with Crippen LogP contribution in [-0.2, 0) is 4.79 Å². The van der Waals surface area contributed by atoms with Crippen molar-refractivity contribution in [1.82, 2.24) is 16.0 Å². The molecule has 1 aromatic heterocycles. The molecule has 3 N–H and O–H groups in total. The maximum atomic E-state index is 11.5. The molecule has 0 radical (unpaired) electrons. The molecule has 2 amide bonds. The zero-order valence-corrected chi connectivity index (χ0v) is 11.9. The van der Waals surface area contributed by atoms with Crippen LogP contribution >= 0.6 is 12.4 Å². The van der Waals surface area contributed by atoms with Crippen LogP contribution in [0.5, 0.6) is 0 Å². The summed E-state index contributed by atoms with van der Waals surface area (Å²) in [5, 5.41) is 8.39. The van der Waals surface area contributed by atoms with Gasteiger partial charge in [0.1, 0.15) is 0 Å². The summed E-state index contributed by atoms with van der Waals surface area (Å²) in [6, 6.07) is 3.44. The van der Waals surface area contributed by atoms with Gasteiger partial charge < -0.3 is 20.4 Å². The SMILES string of the molecule is CNC(C)CNC(=O)CCNC(=O)c1ccco1.Cl. The Hall–Kier alpha value is -1.53. The summed E-state index contributed by atoms with van der Waals surface area (Å²) in [5.74, 6) is -0.146. The number of rotatable bonds is 7. The molecule has 0 aromatic carbocycles. The Morgan fingerprint density at radius 3 is 2.68 bits per heavy atom. The molecule has 0 aliphatic rings. The van der Waals surface area contributed by atoms with E-state index in [1.165, 1.54) is 6.26 Å². The van der Waals surface area contributed by atoms with Crippen LogP contribution in [0.2, 0.25) is 0 Å². The molecule has 19 heavy (non-hydrogen) atoms. The maximum Gasteiger partial charge on any atom is 0.286 e. The molecule has 1 unspecified atom stereocenters. The first kappa shape index (κ1) is 17.5. The van der Waals surface area contributed by atoms with Crippen molar-refractivity contribution >= 4 is 24.2 Å². The van der Waals surface area contributed by atoms with Crippen LogP contribution in [0.3, 0.4) is 0 Å². The van der Waals surface area contributed by atoms with Gasteiger partial charge in [-0.1, -0.05) is 0 Å². The summed E-state index contributed by atoms with van der Waals surface area (Å²) in [7, 11) is 1.83. The second kappa shape index (κ2) is 9.41. The van der Waals surface area contributed by atoms with Gasteiger partial charge in [0.25, 0.3) is 5.91 Å². The number of halogens is 1. The van der Waals surface area contributed by atoms with Crippen LogP contribution in [0, 0.1) is 0 Å². The minimum absolute atomic E-state index is 0. The second-order valence-corrected chi connectivity index (χ2v) is 3.98. The first-order chi connectivity index (χ1) is 8.63. The van der Waals surface area contributed by atoms with Crippen molar-refractivity contribution in [2.45, 2.75) is 19.4 Å². The van der Waals surface area contributed by atoms with Crippen molar-refractivity contribution in [2.75, 3.05) is 20.1 Å². The summed E-state index contributed by atoms with van der Waals surface area (Å²) >= 11 is 0. The third-order valence-electron chi connectivity index (χ3n) is 2.48. The highest BCUT2D eigenvalue weighted by atomic mass is 35.5. The lowest BCUT2D eigenvalue weighted by Crippen LogP contribution is -2.38. The third kappa shape index (κ3) is 6.83. The van der Waals surface area contributed by atoms with Gasteiger partial charge in [0.2, 0.25) is 5.91 Å². The average Bonchev–Trinajstić information content (AvgIpc) is 2.89. The van der Waals surface area contributed by atoms with E-state index in [2.05, 4.69) is 16.0 Å². The van der Waals surface area contributed by atoms with Crippen molar-refractivity contribution in [3.8, 4) is 0 Å². The first-order valence-corrected chi connectivity index (χ1v) is 5.89. The van der Waals surface area contributed by atoms with Crippen molar-refractivity contribution in [2.24, 2.45) is 0 Å². The van der Waals surface area contributed by atoms with Gasteiger partial charge in [0.15, 0.2) is 5.76 Å². The molecular formula is C12H20ClN3O3. The van der Waals surface area contributed by atoms with Crippen LogP contribution in [0.25, 0.3) is 0 Å². The number of furan rings is 1. The average molecular weight is 290 g/mol. The predicted molar refractivity (Wildman–Crippen MR) is 74.4 cm³/mol. The maximum absolute atomic E-state index is 11.5. The number of carbonyl (C=O) groups excluding carboxylic acids is 2. The number of hydrogen-bond acceptors (Lipinski definition) is 4. The monoisotopic (exact) mass is 289 g/mol. The minimum Gasteiger partial charge on any atom is -0.459 e. The van der Waals surface area contributed by atoms with Gasteiger partial charge in [0.05, 0.1) is 6.26 Å². The molecular weight excluding hydrogens is 270 g/mol. The summed E-state index contributed by atoms with van der Waals surface area (Å²) in [4.78, 5) is 22.9. The number of amides is 2. The van der Waals surface area contributed by atoms with Gasteiger partial charge in [-0.15, -0.1) is 12.4 Å². The zero-order valence-electron chi connectivity index (χ0n) is 11.1. The molecule has 0 aliphatic heterocycles. The van der Waals surface area contributed by atoms with Crippen LogP contribution in [-0.4, -0.2) is 38.0 Å². The molecule has 0 saturated carbocycles. The van der Waals surface area contributed by atoms with Crippen molar-refractivity contribution in [3.05, 3.63) is 24.2 Å². The van der Waals surface area contributed by atoms with E-state index in [9.17, 15) is 9.59 Å². The van der Waals surface area contributed by atoms with E-state index in [0.717, 1.165) is 0 Å². The van der Waals surface area contributed by atoms with Crippen molar-refractivity contribution in [1.29, 1.82) is 0 Å². The Kier molecular flexibility index (Phi) is 8.65. The fourth-order valence-corrected chi connectivity index (χ4v) is 1.24. The smallest absolute Gasteiger partial charge is 0.286 e. The molecule has 6 nitrogen and oxygen atoms in total. The normalized spacial score (nSPS) is 11.3. The molecule has 1 rings (SSSR count). The number of hydrogen-bond donors (Lipinski definition) is 3. The van der Waals surface area contributed by atoms with Crippen LogP contribution in [0.4, 0.5) is 0 Å². The molecule has 1 heterocycles. The van der Waals surface area contributed by atoms with E-state index in [4.69, 9.17) is 4.42 Å². The van der Waals surface area contributed by atoms with Crippen LogP contribution in [0.1, 0.15) is 23.9 Å². The van der Waals surface area contributed by atoms with Gasteiger partial charge in [-0.2, -0.15) is 0 Å². The lowest BCUT2D eigenvalue weighted by atomic mass is 10.3. The lowest BCUT2D eigenvalue weighted by Gasteiger charge is -2.11. The number of carbonyl (C=O) groups is 2. The highest BCUT2D eigenvalue weighted by Crippen LogP contribution is 1.98. The van der Waals surface area contributed by atoms with E-state index < -0.39 is 0 Å². The summed E-state index contributed by atoms with van der Waals surface area (Å²) in [5.41, 5.74) is 0. The fourth-order valence-electron chi connectivity index (χ4n) is 1.24. The van der Waals surface area contributed by atoms with E-state index in [-0.39, 0.29) is 42.4 Å². The van der Waals surface area contributed by atoms with Gasteiger partial charge in [-0.25, -0.2) is 0 Å². The molecule has 0 saturated heterocycles. The van der Waals surface area contributed by atoms with Crippen molar-refractivity contribution < 1.29 is 14.0 Å². The topological polar surface area (TPSA) is 83.4 Å². The molecule has 0 bridgehead atoms. The summed E-state index contributed by atoms with van der Waals surface area (Å²) in [6.07, 6.45) is 1.68. The molecule has 0 spiro atoms. The Labute approximate surface area is 118 Å². The van der Waals surface area contributed by atoms with E-state index in [1.807, 2.05) is 14.0 Å². The molecule has 1 aromatic rings. The van der Waals surface area contributed by atoms with Gasteiger partial charge >= 0.3 is 0 Å². The van der Waals surface area contributed by atoms with Crippen LogP contribution < -0.4 is 16.0 Å². The Morgan fingerprint density at radius 2 is 2.11 bits per heavy atom. The van der Waals surface area contributed by atoms with E-state index in [1.54, 1.807) is 12.1 Å². The quantitative estimate of drug-likeness (QED) is 0.684. The van der Waals surface area contributed by atoms with E-state index >= 15 is 0 Å². The van der Waals surface area contributed by atoms with Gasteiger partial charge in [0, 0.05) is 25.6 Å². The molecule has 7 heteroatoms. The second-order valence-electron chi connectivity index (χ2n) is 3.98.